The predicted molar refractivity (Wildman–Crippen MR) is 51.0 cm³/mol. The highest BCUT2D eigenvalue weighted by molar-refractivity contribution is 5.26. The van der Waals surface area contributed by atoms with Crippen LogP contribution in [0, 0.1) is 0 Å². The highest BCUT2D eigenvalue weighted by Gasteiger charge is 2.39. The van der Waals surface area contributed by atoms with Crippen LogP contribution < -0.4 is 4.74 Å². The molecule has 1 aromatic heterocycles. The van der Waals surface area contributed by atoms with E-state index in [0.29, 0.717) is 0 Å². The molecule has 0 saturated carbocycles. The fourth-order valence-electron chi connectivity index (χ4n) is 1.11. The van der Waals surface area contributed by atoms with Gasteiger partial charge in [-0.15, -0.1) is 0 Å². The molecule has 0 aromatic carbocycles. The minimum Gasteiger partial charge on any atom is -0.489 e. The Balaban J connectivity index is 2.90. The summed E-state index contributed by atoms with van der Waals surface area (Å²) in [6.07, 6.45) is -5.13. The maximum absolute atomic E-state index is 12.2. The number of aliphatic hydroxyl groups is 1. The first kappa shape index (κ1) is 12.8. The summed E-state index contributed by atoms with van der Waals surface area (Å²) >= 11 is 0. The van der Waals surface area contributed by atoms with Crippen molar-refractivity contribution in [2.75, 3.05) is 0 Å². The molecule has 0 fully saturated rings. The van der Waals surface area contributed by atoms with Gasteiger partial charge in [0.05, 0.1) is 12.3 Å². The Morgan fingerprint density at radius 3 is 2.44 bits per heavy atom. The van der Waals surface area contributed by atoms with Gasteiger partial charge in [0.15, 0.2) is 6.10 Å². The Morgan fingerprint density at radius 2 is 1.94 bits per heavy atom. The number of alkyl halides is 3. The van der Waals surface area contributed by atoms with Crippen molar-refractivity contribution in [3.05, 3.63) is 24.0 Å². The zero-order chi connectivity index (χ0) is 12.3. The van der Waals surface area contributed by atoms with E-state index in [9.17, 15) is 13.2 Å². The number of rotatable bonds is 3. The van der Waals surface area contributed by atoms with Crippen LogP contribution in [0.25, 0.3) is 0 Å². The summed E-state index contributed by atoms with van der Waals surface area (Å²) in [6.45, 7) is 3.49. The van der Waals surface area contributed by atoms with Gasteiger partial charge < -0.3 is 9.84 Å². The van der Waals surface area contributed by atoms with Crippen molar-refractivity contribution in [1.29, 1.82) is 0 Å². The number of hydrogen-bond donors (Lipinski definition) is 1. The normalized spacial score (nSPS) is 13.9. The summed E-state index contributed by atoms with van der Waals surface area (Å²) in [5, 5.41) is 9.00. The van der Waals surface area contributed by atoms with Crippen LogP contribution in [-0.4, -0.2) is 22.4 Å². The number of hydrogen-bond acceptors (Lipinski definition) is 3. The fourth-order valence-corrected chi connectivity index (χ4v) is 1.11. The van der Waals surface area contributed by atoms with Gasteiger partial charge in [-0.25, -0.2) is 0 Å². The van der Waals surface area contributed by atoms with Crippen molar-refractivity contribution in [3.8, 4) is 5.75 Å². The molecule has 6 heteroatoms. The van der Waals surface area contributed by atoms with Crippen LogP contribution in [0.1, 0.15) is 25.5 Å². The number of ether oxygens (including phenoxy) is 1. The van der Waals surface area contributed by atoms with Gasteiger partial charge in [-0.05, 0) is 19.9 Å². The molecule has 1 heterocycles. The molecule has 0 aliphatic carbocycles. The smallest absolute Gasteiger partial charge is 0.418 e. The van der Waals surface area contributed by atoms with Crippen molar-refractivity contribution in [2.45, 2.75) is 32.2 Å². The van der Waals surface area contributed by atoms with E-state index in [1.165, 1.54) is 6.20 Å². The van der Waals surface area contributed by atoms with Crippen molar-refractivity contribution in [1.82, 2.24) is 4.98 Å². The number of aliphatic hydroxyl groups excluding tert-OH is 1. The summed E-state index contributed by atoms with van der Waals surface area (Å²) in [4.78, 5) is 3.59. The summed E-state index contributed by atoms with van der Waals surface area (Å²) in [6, 6.07) is 1.13. The average Bonchev–Trinajstić information content (AvgIpc) is 2.14. The summed E-state index contributed by atoms with van der Waals surface area (Å²) in [7, 11) is 0. The third kappa shape index (κ3) is 3.37. The van der Waals surface area contributed by atoms with Crippen LogP contribution in [-0.2, 0) is 0 Å². The van der Waals surface area contributed by atoms with Crippen LogP contribution in [0.3, 0.4) is 0 Å². The molecule has 1 N–H and O–H groups in total. The maximum Gasteiger partial charge on any atom is 0.418 e. The van der Waals surface area contributed by atoms with Crippen molar-refractivity contribution in [3.63, 3.8) is 0 Å². The molecule has 0 spiro atoms. The minimum absolute atomic E-state index is 0.167. The van der Waals surface area contributed by atoms with Gasteiger partial charge in [0.1, 0.15) is 5.75 Å². The molecule has 3 nitrogen and oxygen atoms in total. The molecule has 16 heavy (non-hydrogen) atoms. The molecule has 0 unspecified atom stereocenters. The first-order chi connectivity index (χ1) is 7.30. The zero-order valence-electron chi connectivity index (χ0n) is 8.82. The molecule has 1 atom stereocenters. The van der Waals surface area contributed by atoms with E-state index >= 15 is 0 Å². The topological polar surface area (TPSA) is 42.4 Å². The van der Waals surface area contributed by atoms with E-state index in [1.807, 2.05) is 0 Å². The van der Waals surface area contributed by atoms with E-state index in [0.717, 1.165) is 12.3 Å². The van der Waals surface area contributed by atoms with Gasteiger partial charge in [0.25, 0.3) is 0 Å². The Hall–Kier alpha value is -1.30. The molecule has 0 aliphatic rings. The second kappa shape index (κ2) is 4.69. The second-order valence-electron chi connectivity index (χ2n) is 3.56. The fraction of sp³-hybridized carbons (Fsp3) is 0.500. The molecule has 1 rings (SSSR count). The molecule has 0 aliphatic heterocycles. The molecule has 0 radical (unpaired) electrons. The van der Waals surface area contributed by atoms with E-state index < -0.39 is 12.3 Å². The first-order valence-electron chi connectivity index (χ1n) is 4.67. The lowest BCUT2D eigenvalue weighted by atomic mass is 10.1. The van der Waals surface area contributed by atoms with Crippen molar-refractivity contribution < 1.29 is 23.0 Å². The lowest BCUT2D eigenvalue weighted by Gasteiger charge is -2.16. The van der Waals surface area contributed by atoms with Gasteiger partial charge in [-0.1, -0.05) is 0 Å². The van der Waals surface area contributed by atoms with Crippen LogP contribution in [0.4, 0.5) is 13.2 Å². The largest absolute Gasteiger partial charge is 0.489 e. The van der Waals surface area contributed by atoms with Gasteiger partial charge in [0.2, 0.25) is 0 Å². The first-order valence-corrected chi connectivity index (χ1v) is 4.67. The highest BCUT2D eigenvalue weighted by atomic mass is 19.4. The third-order valence-electron chi connectivity index (χ3n) is 1.73. The lowest BCUT2D eigenvalue weighted by molar-refractivity contribution is -0.206. The Morgan fingerprint density at radius 1 is 1.31 bits per heavy atom. The monoisotopic (exact) mass is 235 g/mol. The summed E-state index contributed by atoms with van der Waals surface area (Å²) in [5.41, 5.74) is -0.328. The molecular weight excluding hydrogens is 223 g/mol. The number of pyridine rings is 1. The van der Waals surface area contributed by atoms with Crippen LogP contribution in [0.15, 0.2) is 18.5 Å². The Kier molecular flexibility index (Phi) is 3.74. The van der Waals surface area contributed by atoms with Crippen molar-refractivity contribution in [2.24, 2.45) is 0 Å². The predicted octanol–water partition coefficient (Wildman–Crippen LogP) is 2.46. The molecule has 0 amide bonds. The number of halogens is 3. The number of nitrogens with zero attached hydrogens (tertiary/aromatic N) is 1. The third-order valence-corrected chi connectivity index (χ3v) is 1.73. The number of aromatic nitrogens is 1. The van der Waals surface area contributed by atoms with E-state index in [-0.39, 0.29) is 17.4 Å². The SMILES string of the molecule is CC(C)Oc1cncc([C@@H](O)C(F)(F)F)c1. The Labute approximate surface area is 90.9 Å². The van der Waals surface area contributed by atoms with E-state index in [4.69, 9.17) is 9.84 Å². The van der Waals surface area contributed by atoms with Gasteiger partial charge in [-0.3, -0.25) is 4.98 Å². The molecule has 0 saturated heterocycles. The van der Waals surface area contributed by atoms with Gasteiger partial charge >= 0.3 is 6.18 Å². The van der Waals surface area contributed by atoms with Crippen LogP contribution in [0.5, 0.6) is 5.75 Å². The molecule has 0 bridgehead atoms. The molecular formula is C10H12F3NO2. The lowest BCUT2D eigenvalue weighted by Crippen LogP contribution is -2.20. The second-order valence-corrected chi connectivity index (χ2v) is 3.56. The maximum atomic E-state index is 12.2. The summed E-state index contributed by atoms with van der Waals surface area (Å²) < 4.78 is 41.8. The molecule has 1 aromatic rings. The average molecular weight is 235 g/mol. The van der Waals surface area contributed by atoms with Crippen LogP contribution in [0.2, 0.25) is 0 Å². The minimum atomic E-state index is -4.70. The van der Waals surface area contributed by atoms with Gasteiger partial charge in [-0.2, -0.15) is 13.2 Å². The summed E-state index contributed by atoms with van der Waals surface area (Å²) in [5.74, 6) is 0.204. The van der Waals surface area contributed by atoms with Crippen LogP contribution >= 0.6 is 0 Å². The standard InChI is InChI=1S/C10H12F3NO2/c1-6(2)16-8-3-7(4-14-5-8)9(15)10(11,12)13/h3-6,9,15H,1-2H3/t9-/m1/s1. The highest BCUT2D eigenvalue weighted by Crippen LogP contribution is 2.33. The molecule has 90 valence electrons. The Bertz CT molecular complexity index is 352. The zero-order valence-corrected chi connectivity index (χ0v) is 8.82. The van der Waals surface area contributed by atoms with E-state index in [1.54, 1.807) is 13.8 Å². The van der Waals surface area contributed by atoms with Gasteiger partial charge in [0, 0.05) is 11.8 Å². The van der Waals surface area contributed by atoms with E-state index in [2.05, 4.69) is 4.98 Å². The van der Waals surface area contributed by atoms with Crippen molar-refractivity contribution >= 4 is 0 Å². The quantitative estimate of drug-likeness (QED) is 0.875.